The molecule has 0 amide bonds. The second-order valence-electron chi connectivity index (χ2n) is 4.92. The average molecular weight is 292 g/mol. The van der Waals surface area contributed by atoms with Crippen LogP contribution in [0.2, 0.25) is 0 Å². The van der Waals surface area contributed by atoms with Gasteiger partial charge in [-0.05, 0) is 25.7 Å². The number of carbonyl (C=O) groups excluding carboxylic acids is 1. The van der Waals surface area contributed by atoms with Crippen LogP contribution in [0.1, 0.15) is 58.3 Å². The number of rotatable bonds is 12. The molecule has 0 fully saturated rings. The van der Waals surface area contributed by atoms with Gasteiger partial charge in [-0.25, -0.2) is 0 Å². The highest BCUT2D eigenvalue weighted by Gasteiger charge is 1.98. The van der Waals surface area contributed by atoms with E-state index in [4.69, 9.17) is 0 Å². The van der Waals surface area contributed by atoms with Crippen molar-refractivity contribution in [3.05, 3.63) is 48.6 Å². The number of unbranched alkanes of at least 4 members (excludes halogenated alkanes) is 5. The molecule has 0 aromatic heterocycles. The minimum absolute atomic E-state index is 0.0936. The third-order valence-corrected chi connectivity index (χ3v) is 3.04. The Balaban J connectivity index is 3.36. The Morgan fingerprint density at radius 1 is 0.810 bits per heavy atom. The van der Waals surface area contributed by atoms with Gasteiger partial charge < -0.3 is 4.74 Å². The number of ether oxygens (including phenoxy) is 1. The van der Waals surface area contributed by atoms with E-state index in [9.17, 15) is 4.79 Å². The number of carbonyl (C=O) groups is 1. The van der Waals surface area contributed by atoms with Crippen LogP contribution in [0.5, 0.6) is 0 Å². The molecule has 0 saturated carbocycles. The Morgan fingerprint density at radius 2 is 1.38 bits per heavy atom. The molecule has 0 atom stereocenters. The molecule has 0 bridgehead atoms. The number of allylic oxidation sites excluding steroid dienone is 8. The van der Waals surface area contributed by atoms with Gasteiger partial charge in [-0.3, -0.25) is 4.79 Å². The molecule has 0 saturated heterocycles. The quantitative estimate of drug-likeness (QED) is 0.269. The third kappa shape index (κ3) is 16.4. The highest BCUT2D eigenvalue weighted by molar-refractivity contribution is 5.68. The van der Waals surface area contributed by atoms with E-state index in [-0.39, 0.29) is 5.97 Å². The Hall–Kier alpha value is -1.57. The Kier molecular flexibility index (Phi) is 15.3. The highest BCUT2D eigenvalue weighted by Crippen LogP contribution is 2.08. The summed E-state index contributed by atoms with van der Waals surface area (Å²) in [6.07, 6.45) is 25.2. The number of hydrogen-bond donors (Lipinski definition) is 0. The van der Waals surface area contributed by atoms with E-state index in [0.717, 1.165) is 25.7 Å². The number of esters is 1. The largest absolute Gasteiger partial charge is 0.469 e. The maximum atomic E-state index is 10.9. The molecule has 0 N–H and O–H groups in total. The van der Waals surface area contributed by atoms with E-state index in [1.165, 1.54) is 26.4 Å². The summed E-state index contributed by atoms with van der Waals surface area (Å²) in [7, 11) is 1.45. The molecule has 0 aromatic rings. The topological polar surface area (TPSA) is 26.3 Å². The van der Waals surface area contributed by atoms with Crippen molar-refractivity contribution in [2.24, 2.45) is 0 Å². The van der Waals surface area contributed by atoms with Gasteiger partial charge >= 0.3 is 5.97 Å². The molecular weight excluding hydrogens is 262 g/mol. The molecule has 0 aliphatic rings. The van der Waals surface area contributed by atoms with Crippen LogP contribution >= 0.6 is 0 Å². The van der Waals surface area contributed by atoms with Gasteiger partial charge in [-0.1, -0.05) is 74.8 Å². The van der Waals surface area contributed by atoms with E-state index in [1.54, 1.807) is 0 Å². The lowest BCUT2D eigenvalue weighted by molar-refractivity contribution is -0.140. The number of hydrogen-bond acceptors (Lipinski definition) is 2. The summed E-state index contributed by atoms with van der Waals surface area (Å²) in [5.41, 5.74) is 0. The monoisotopic (exact) mass is 292 g/mol. The molecule has 0 spiro atoms. The van der Waals surface area contributed by atoms with Crippen molar-refractivity contribution in [2.75, 3.05) is 7.11 Å². The van der Waals surface area contributed by atoms with Crippen LogP contribution in [-0.2, 0) is 9.53 Å². The first-order chi connectivity index (χ1) is 10.3. The lowest BCUT2D eigenvalue weighted by Gasteiger charge is -1.99. The summed E-state index contributed by atoms with van der Waals surface area (Å²) in [6, 6.07) is 0. The van der Waals surface area contributed by atoms with E-state index < -0.39 is 0 Å². The average Bonchev–Trinajstić information content (AvgIpc) is 2.50. The van der Waals surface area contributed by atoms with Crippen molar-refractivity contribution in [1.29, 1.82) is 0 Å². The molecular formula is C19H30O2. The van der Waals surface area contributed by atoms with Gasteiger partial charge in [0.2, 0.25) is 0 Å². The first kappa shape index (κ1) is 19.4. The lowest BCUT2D eigenvalue weighted by Crippen LogP contribution is -1.98. The van der Waals surface area contributed by atoms with Gasteiger partial charge in [0.25, 0.3) is 0 Å². The summed E-state index contributed by atoms with van der Waals surface area (Å²) in [6.45, 7) is 2.13. The van der Waals surface area contributed by atoms with E-state index in [0.29, 0.717) is 6.42 Å². The minimum atomic E-state index is -0.0936. The van der Waals surface area contributed by atoms with Crippen LogP contribution in [0.15, 0.2) is 48.6 Å². The lowest BCUT2D eigenvalue weighted by atomic mass is 10.1. The molecule has 2 heteroatoms. The molecule has 0 unspecified atom stereocenters. The van der Waals surface area contributed by atoms with Gasteiger partial charge in [0.05, 0.1) is 7.11 Å². The van der Waals surface area contributed by atoms with Crippen molar-refractivity contribution in [2.45, 2.75) is 58.3 Å². The summed E-state index contributed by atoms with van der Waals surface area (Å²) in [5, 5.41) is 0. The van der Waals surface area contributed by atoms with Crippen LogP contribution in [-0.4, -0.2) is 13.1 Å². The minimum Gasteiger partial charge on any atom is -0.469 e. The van der Waals surface area contributed by atoms with Gasteiger partial charge in [0.15, 0.2) is 0 Å². The van der Waals surface area contributed by atoms with E-state index >= 15 is 0 Å². The molecule has 0 rings (SSSR count). The van der Waals surface area contributed by atoms with Gasteiger partial charge in [-0.15, -0.1) is 0 Å². The van der Waals surface area contributed by atoms with Crippen LogP contribution in [0.4, 0.5) is 0 Å². The Labute approximate surface area is 130 Å². The van der Waals surface area contributed by atoms with E-state index in [1.807, 2.05) is 18.2 Å². The normalized spacial score (nSPS) is 12.3. The summed E-state index contributed by atoms with van der Waals surface area (Å²) >= 11 is 0. The second-order valence-corrected chi connectivity index (χ2v) is 4.92. The van der Waals surface area contributed by atoms with Crippen molar-refractivity contribution in [3.63, 3.8) is 0 Å². The van der Waals surface area contributed by atoms with Crippen LogP contribution in [0.25, 0.3) is 0 Å². The molecule has 2 nitrogen and oxygen atoms in total. The maximum absolute atomic E-state index is 10.9. The SMILES string of the molecule is CC\C=C/C=C/C=C/C=C/CCCCCCC[14C](=O)OC. The fraction of sp³-hybridized carbons (Fsp3) is 0.526. The zero-order valence-electron chi connectivity index (χ0n) is 13.6. The van der Waals surface area contributed by atoms with Crippen LogP contribution in [0, 0.1) is 0 Å². The van der Waals surface area contributed by atoms with Crippen LogP contribution < -0.4 is 0 Å². The zero-order chi connectivity index (χ0) is 15.6. The predicted molar refractivity (Wildman–Crippen MR) is 91.2 cm³/mol. The van der Waals surface area contributed by atoms with Crippen molar-refractivity contribution in [3.8, 4) is 0 Å². The van der Waals surface area contributed by atoms with Gasteiger partial charge in [0, 0.05) is 6.42 Å². The fourth-order valence-electron chi connectivity index (χ4n) is 1.81. The van der Waals surface area contributed by atoms with Crippen molar-refractivity contribution < 1.29 is 9.53 Å². The second kappa shape index (κ2) is 16.5. The van der Waals surface area contributed by atoms with E-state index in [2.05, 4.69) is 42.0 Å². The summed E-state index contributed by atoms with van der Waals surface area (Å²) in [4.78, 5) is 10.9. The standard InChI is InChI=1S/C19H30O2/c1-3-4-5-6-7-8-9-10-11-12-13-14-15-16-17-18-19(20)21-2/h4-11H,3,12-18H2,1-2H3/b5-4-,7-6+,9-8+,11-10+/i19+2. The predicted octanol–water partition coefficient (Wildman–Crippen LogP) is 5.52. The van der Waals surface area contributed by atoms with Gasteiger partial charge in [0.1, 0.15) is 0 Å². The first-order valence-electron chi connectivity index (χ1n) is 8.03. The summed E-state index contributed by atoms with van der Waals surface area (Å²) < 4.78 is 4.61. The Bertz CT molecular complexity index is 349. The maximum Gasteiger partial charge on any atom is 0.305 e. The fourth-order valence-corrected chi connectivity index (χ4v) is 1.81. The Morgan fingerprint density at radius 3 is 2.05 bits per heavy atom. The molecule has 21 heavy (non-hydrogen) atoms. The molecule has 0 radical (unpaired) electrons. The number of methoxy groups -OCH3 is 1. The van der Waals surface area contributed by atoms with Gasteiger partial charge in [-0.2, -0.15) is 0 Å². The highest BCUT2D eigenvalue weighted by atomic mass is 16.7. The third-order valence-electron chi connectivity index (χ3n) is 3.04. The molecule has 0 aliphatic carbocycles. The first-order valence-corrected chi connectivity index (χ1v) is 8.03. The molecule has 0 aliphatic heterocycles. The zero-order valence-corrected chi connectivity index (χ0v) is 13.6. The molecule has 0 heterocycles. The molecule has 0 aromatic carbocycles. The van der Waals surface area contributed by atoms with Crippen molar-refractivity contribution in [1.82, 2.24) is 0 Å². The van der Waals surface area contributed by atoms with Crippen molar-refractivity contribution >= 4 is 5.97 Å². The van der Waals surface area contributed by atoms with Crippen LogP contribution in [0.3, 0.4) is 0 Å². The summed E-state index contributed by atoms with van der Waals surface area (Å²) in [5.74, 6) is -0.0936. The molecule has 118 valence electrons. The smallest absolute Gasteiger partial charge is 0.305 e.